The van der Waals surface area contributed by atoms with Crippen LogP contribution in [0.3, 0.4) is 0 Å². The zero-order valence-electron chi connectivity index (χ0n) is 9.45. The third kappa shape index (κ3) is 3.47. The Labute approximate surface area is 110 Å². The fourth-order valence-electron chi connectivity index (χ4n) is 1.77. The summed E-state index contributed by atoms with van der Waals surface area (Å²) < 4.78 is 1.10. The monoisotopic (exact) mass is 300 g/mol. The van der Waals surface area contributed by atoms with E-state index in [1.165, 1.54) is 12.8 Å². The molecule has 88 valence electrons. The van der Waals surface area contributed by atoms with E-state index < -0.39 is 0 Å². The van der Waals surface area contributed by atoms with Crippen molar-refractivity contribution in [3.05, 3.63) is 22.8 Å². The highest BCUT2D eigenvalue weighted by molar-refractivity contribution is 9.10. The number of halogens is 1. The summed E-state index contributed by atoms with van der Waals surface area (Å²) in [5.41, 5.74) is 0. The van der Waals surface area contributed by atoms with Crippen LogP contribution in [0.5, 0.6) is 0 Å². The van der Waals surface area contributed by atoms with Gasteiger partial charge >= 0.3 is 0 Å². The van der Waals surface area contributed by atoms with E-state index in [2.05, 4.69) is 39.2 Å². The van der Waals surface area contributed by atoms with Gasteiger partial charge in [-0.3, -0.25) is 0 Å². The molecule has 2 rings (SSSR count). The molecule has 1 aromatic rings. The van der Waals surface area contributed by atoms with E-state index in [9.17, 15) is 0 Å². The first-order chi connectivity index (χ1) is 7.81. The summed E-state index contributed by atoms with van der Waals surface area (Å²) in [6.07, 6.45) is 4.63. The second-order valence-corrected chi connectivity index (χ2v) is 5.97. The highest BCUT2D eigenvalue weighted by Crippen LogP contribution is 2.35. The first-order valence-electron chi connectivity index (χ1n) is 5.78. The Morgan fingerprint density at radius 1 is 1.62 bits per heavy atom. The fourth-order valence-corrected chi connectivity index (χ4v) is 3.44. The first kappa shape index (κ1) is 12.4. The summed E-state index contributed by atoms with van der Waals surface area (Å²) in [6, 6.07) is 4.66. The van der Waals surface area contributed by atoms with Crippen LogP contribution in [0.4, 0.5) is 0 Å². The van der Waals surface area contributed by atoms with Crippen LogP contribution in [-0.4, -0.2) is 23.3 Å². The average molecular weight is 301 g/mol. The molecular formula is C12H17BrN2S. The second-order valence-electron chi connectivity index (χ2n) is 4.10. The van der Waals surface area contributed by atoms with Crippen LogP contribution in [0.25, 0.3) is 0 Å². The lowest BCUT2D eigenvalue weighted by Gasteiger charge is -2.16. The quantitative estimate of drug-likeness (QED) is 0.816. The van der Waals surface area contributed by atoms with Crippen molar-refractivity contribution in [3.8, 4) is 0 Å². The summed E-state index contributed by atoms with van der Waals surface area (Å²) in [7, 11) is 0. The van der Waals surface area contributed by atoms with E-state index in [0.29, 0.717) is 6.04 Å². The van der Waals surface area contributed by atoms with Crippen molar-refractivity contribution in [2.24, 2.45) is 5.92 Å². The molecule has 1 saturated carbocycles. The molecule has 0 radical (unpaired) electrons. The Bertz CT molecular complexity index is 342. The molecule has 1 aliphatic carbocycles. The van der Waals surface area contributed by atoms with Crippen LogP contribution < -0.4 is 5.32 Å². The Morgan fingerprint density at radius 2 is 2.44 bits per heavy atom. The molecule has 1 aromatic heterocycles. The normalized spacial score (nSPS) is 17.4. The molecule has 1 unspecified atom stereocenters. The molecule has 1 fully saturated rings. The largest absolute Gasteiger partial charge is 0.313 e. The van der Waals surface area contributed by atoms with Gasteiger partial charge in [-0.15, -0.1) is 11.8 Å². The molecule has 1 N–H and O–H groups in total. The smallest absolute Gasteiger partial charge is 0.110 e. The van der Waals surface area contributed by atoms with Gasteiger partial charge in [-0.1, -0.05) is 6.92 Å². The van der Waals surface area contributed by atoms with Gasteiger partial charge in [-0.25, -0.2) is 4.98 Å². The van der Waals surface area contributed by atoms with E-state index >= 15 is 0 Å². The van der Waals surface area contributed by atoms with Gasteiger partial charge in [-0.2, -0.15) is 0 Å². The van der Waals surface area contributed by atoms with Gasteiger partial charge in [0.15, 0.2) is 0 Å². The van der Waals surface area contributed by atoms with Gasteiger partial charge in [0, 0.05) is 22.5 Å². The van der Waals surface area contributed by atoms with Crippen LogP contribution in [-0.2, 0) is 0 Å². The molecule has 0 saturated heterocycles. The highest BCUT2D eigenvalue weighted by Gasteiger charge is 2.30. The lowest BCUT2D eigenvalue weighted by Crippen LogP contribution is -2.33. The molecule has 0 aromatic carbocycles. The lowest BCUT2D eigenvalue weighted by molar-refractivity contribution is 0.519. The number of thioether (sulfide) groups is 1. The van der Waals surface area contributed by atoms with E-state index in [1.807, 2.05) is 24.0 Å². The molecule has 2 nitrogen and oxygen atoms in total. The number of pyridine rings is 1. The topological polar surface area (TPSA) is 24.9 Å². The van der Waals surface area contributed by atoms with Gasteiger partial charge in [0.1, 0.15) is 5.03 Å². The van der Waals surface area contributed by atoms with Crippen molar-refractivity contribution in [2.75, 3.05) is 12.3 Å². The van der Waals surface area contributed by atoms with Crippen molar-refractivity contribution < 1.29 is 0 Å². The molecule has 1 heterocycles. The number of hydrogen-bond donors (Lipinski definition) is 1. The second kappa shape index (κ2) is 6.03. The third-order valence-electron chi connectivity index (χ3n) is 2.78. The highest BCUT2D eigenvalue weighted by atomic mass is 79.9. The first-order valence-corrected chi connectivity index (χ1v) is 7.55. The van der Waals surface area contributed by atoms with Crippen molar-refractivity contribution in [2.45, 2.75) is 30.8 Å². The molecule has 0 bridgehead atoms. The minimum Gasteiger partial charge on any atom is -0.313 e. The zero-order chi connectivity index (χ0) is 11.4. The average Bonchev–Trinajstić information content (AvgIpc) is 3.10. The molecule has 16 heavy (non-hydrogen) atoms. The maximum absolute atomic E-state index is 4.38. The maximum Gasteiger partial charge on any atom is 0.110 e. The van der Waals surface area contributed by atoms with Gasteiger partial charge in [0.05, 0.1) is 0 Å². The number of hydrogen-bond acceptors (Lipinski definition) is 3. The molecule has 1 atom stereocenters. The summed E-state index contributed by atoms with van der Waals surface area (Å²) in [6.45, 7) is 3.24. The van der Waals surface area contributed by atoms with Crippen molar-refractivity contribution in [1.29, 1.82) is 0 Å². The zero-order valence-corrected chi connectivity index (χ0v) is 11.9. The molecule has 0 spiro atoms. The van der Waals surface area contributed by atoms with E-state index in [-0.39, 0.29) is 0 Å². The predicted molar refractivity (Wildman–Crippen MR) is 72.8 cm³/mol. The van der Waals surface area contributed by atoms with Crippen LogP contribution in [0, 0.1) is 5.92 Å². The molecular weight excluding hydrogens is 284 g/mol. The van der Waals surface area contributed by atoms with Crippen LogP contribution in [0.2, 0.25) is 0 Å². The lowest BCUT2D eigenvalue weighted by atomic mass is 10.2. The van der Waals surface area contributed by atoms with Crippen LogP contribution in [0.15, 0.2) is 27.8 Å². The Balaban J connectivity index is 1.87. The van der Waals surface area contributed by atoms with Gasteiger partial charge in [-0.05, 0) is 53.4 Å². The third-order valence-corrected chi connectivity index (χ3v) is 4.81. The summed E-state index contributed by atoms with van der Waals surface area (Å²) in [5.74, 6) is 2.02. The van der Waals surface area contributed by atoms with Crippen LogP contribution >= 0.6 is 27.7 Å². The Morgan fingerprint density at radius 3 is 3.06 bits per heavy atom. The Kier molecular flexibility index (Phi) is 4.67. The van der Waals surface area contributed by atoms with E-state index in [1.54, 1.807) is 0 Å². The molecule has 4 heteroatoms. The summed E-state index contributed by atoms with van der Waals surface area (Å²) >= 11 is 5.38. The molecule has 1 aliphatic rings. The number of rotatable bonds is 6. The van der Waals surface area contributed by atoms with Crippen molar-refractivity contribution in [3.63, 3.8) is 0 Å². The van der Waals surface area contributed by atoms with E-state index in [0.717, 1.165) is 27.7 Å². The van der Waals surface area contributed by atoms with Gasteiger partial charge in [0.2, 0.25) is 0 Å². The maximum atomic E-state index is 4.38. The SMILES string of the molecule is CCNC(CSc1ncccc1Br)C1CC1. The molecule has 0 amide bonds. The summed E-state index contributed by atoms with van der Waals surface area (Å²) in [5, 5.41) is 4.67. The van der Waals surface area contributed by atoms with Gasteiger partial charge < -0.3 is 5.32 Å². The predicted octanol–water partition coefficient (Wildman–Crippen LogP) is 3.32. The number of nitrogens with one attached hydrogen (secondary N) is 1. The Hall–Kier alpha value is -0.0600. The minimum atomic E-state index is 0.656. The molecule has 0 aliphatic heterocycles. The fraction of sp³-hybridized carbons (Fsp3) is 0.583. The number of aromatic nitrogens is 1. The van der Waals surface area contributed by atoms with Crippen molar-refractivity contribution >= 4 is 27.7 Å². The minimum absolute atomic E-state index is 0.656. The standard InChI is InChI=1S/C12H17BrN2S/c1-2-14-11(9-5-6-9)8-16-12-10(13)4-3-7-15-12/h3-4,7,9,11,14H,2,5-6,8H2,1H3. The van der Waals surface area contributed by atoms with E-state index in [4.69, 9.17) is 0 Å². The number of nitrogens with zero attached hydrogens (tertiary/aromatic N) is 1. The van der Waals surface area contributed by atoms with Crippen LogP contribution in [0.1, 0.15) is 19.8 Å². The van der Waals surface area contributed by atoms with Crippen molar-refractivity contribution in [1.82, 2.24) is 10.3 Å². The summed E-state index contributed by atoms with van der Waals surface area (Å²) in [4.78, 5) is 4.38. The van der Waals surface area contributed by atoms with Gasteiger partial charge in [0.25, 0.3) is 0 Å².